The van der Waals surface area contributed by atoms with Gasteiger partial charge < -0.3 is 45.4 Å². The summed E-state index contributed by atoms with van der Waals surface area (Å²) in [5.74, 6) is -3.58. The number of rotatable bonds is 27. The monoisotopic (exact) mass is 790 g/mol. The highest BCUT2D eigenvalue weighted by molar-refractivity contribution is 5.89. The van der Waals surface area contributed by atoms with Gasteiger partial charge in [0.15, 0.2) is 0 Å². The lowest BCUT2D eigenvalue weighted by molar-refractivity contribution is -0.150. The minimum Gasteiger partial charge on any atom is -0.461 e. The molecule has 0 aliphatic rings. The van der Waals surface area contributed by atoms with Crippen molar-refractivity contribution in [2.45, 2.75) is 83.4 Å². The second kappa shape index (κ2) is 27.0. The van der Waals surface area contributed by atoms with E-state index in [9.17, 15) is 28.8 Å². The van der Waals surface area contributed by atoms with Crippen molar-refractivity contribution in [3.05, 3.63) is 108 Å². The molecule has 0 fully saturated rings. The SMILES string of the molecule is CC(CCC(=O)OCc1ccccc1)NC(=O)C(CCC(=O)NC(CCC(=O)OCc1ccccc1)C(=O)OCc1ccccc1)NC(=O)COCCOCCN. The summed E-state index contributed by atoms with van der Waals surface area (Å²) >= 11 is 0. The lowest BCUT2D eigenvalue weighted by atomic mass is 10.1. The Balaban J connectivity index is 1.58. The molecule has 0 saturated carbocycles. The van der Waals surface area contributed by atoms with Crippen LogP contribution in [0, 0.1) is 0 Å². The first kappa shape index (κ1) is 45.7. The van der Waals surface area contributed by atoms with Gasteiger partial charge in [-0.1, -0.05) is 91.0 Å². The van der Waals surface area contributed by atoms with Crippen molar-refractivity contribution in [1.82, 2.24) is 16.0 Å². The Labute approximate surface area is 333 Å². The zero-order chi connectivity index (χ0) is 41.1. The van der Waals surface area contributed by atoms with Gasteiger partial charge in [-0.15, -0.1) is 0 Å². The van der Waals surface area contributed by atoms with E-state index in [1.54, 1.807) is 31.2 Å². The van der Waals surface area contributed by atoms with E-state index in [0.29, 0.717) is 13.2 Å². The fourth-order valence-corrected chi connectivity index (χ4v) is 5.23. The van der Waals surface area contributed by atoms with Gasteiger partial charge in [0, 0.05) is 31.8 Å². The first-order valence-electron chi connectivity index (χ1n) is 19.0. The molecule has 0 radical (unpaired) electrons. The van der Waals surface area contributed by atoms with E-state index in [4.69, 9.17) is 29.4 Å². The second-order valence-corrected chi connectivity index (χ2v) is 13.1. The summed E-state index contributed by atoms with van der Waals surface area (Å²) < 4.78 is 26.7. The molecule has 0 spiro atoms. The largest absolute Gasteiger partial charge is 0.461 e. The maximum Gasteiger partial charge on any atom is 0.328 e. The molecule has 308 valence electrons. The third-order valence-corrected chi connectivity index (χ3v) is 8.32. The van der Waals surface area contributed by atoms with Crippen LogP contribution in [0.1, 0.15) is 62.1 Å². The third-order valence-electron chi connectivity index (χ3n) is 8.32. The van der Waals surface area contributed by atoms with Crippen LogP contribution in [0.5, 0.6) is 0 Å². The van der Waals surface area contributed by atoms with Crippen molar-refractivity contribution in [2.24, 2.45) is 5.73 Å². The maximum atomic E-state index is 13.4. The Morgan fingerprint density at radius 2 is 1.02 bits per heavy atom. The normalized spacial score (nSPS) is 12.3. The van der Waals surface area contributed by atoms with Crippen LogP contribution in [0.2, 0.25) is 0 Å². The Hall–Kier alpha value is -5.64. The molecule has 0 aromatic heterocycles. The van der Waals surface area contributed by atoms with Crippen molar-refractivity contribution < 1.29 is 52.5 Å². The van der Waals surface area contributed by atoms with Gasteiger partial charge in [-0.3, -0.25) is 24.0 Å². The van der Waals surface area contributed by atoms with Crippen LogP contribution in [0.25, 0.3) is 0 Å². The molecule has 3 rings (SSSR count). The van der Waals surface area contributed by atoms with Crippen LogP contribution in [0.15, 0.2) is 91.0 Å². The molecule has 3 unspecified atom stereocenters. The molecule has 3 amide bonds. The van der Waals surface area contributed by atoms with Gasteiger partial charge in [-0.25, -0.2) is 4.79 Å². The van der Waals surface area contributed by atoms with Gasteiger partial charge in [0.05, 0.1) is 19.8 Å². The summed E-state index contributed by atoms with van der Waals surface area (Å²) in [5, 5.41) is 8.01. The van der Waals surface area contributed by atoms with Crippen LogP contribution in [-0.4, -0.2) is 86.7 Å². The highest BCUT2D eigenvalue weighted by Crippen LogP contribution is 2.10. The van der Waals surface area contributed by atoms with Gasteiger partial charge in [0.25, 0.3) is 0 Å². The number of carbonyl (C=O) groups excluding carboxylic acids is 6. The molecule has 57 heavy (non-hydrogen) atoms. The standard InChI is InChI=1S/C42H54N4O11/c1-31(17-21-39(49)55-27-32-11-5-2-6-12-32)44-41(51)35(45-38(48)30-54-26-25-53-24-23-43)18-20-37(47)46-36(42(52)57-29-34-15-9-4-10-16-34)19-22-40(50)56-28-33-13-7-3-8-14-33/h2-16,31,35-36H,17-30,43H2,1H3,(H,44,51)(H,45,48)(H,46,47). The van der Waals surface area contributed by atoms with E-state index in [2.05, 4.69) is 16.0 Å². The fraction of sp³-hybridized carbons (Fsp3) is 0.429. The van der Waals surface area contributed by atoms with Crippen LogP contribution in [0.4, 0.5) is 0 Å². The van der Waals surface area contributed by atoms with E-state index in [1.807, 2.05) is 66.7 Å². The maximum absolute atomic E-state index is 13.4. The molecule has 3 atom stereocenters. The first-order valence-corrected chi connectivity index (χ1v) is 19.0. The van der Waals surface area contributed by atoms with Gasteiger partial charge in [0.1, 0.15) is 38.5 Å². The molecule has 0 saturated heterocycles. The summed E-state index contributed by atoms with van der Waals surface area (Å²) in [4.78, 5) is 77.6. The van der Waals surface area contributed by atoms with Gasteiger partial charge >= 0.3 is 17.9 Å². The molecule has 0 aliphatic heterocycles. The summed E-state index contributed by atoms with van der Waals surface area (Å²) in [6.45, 7) is 2.47. The molecular weight excluding hydrogens is 736 g/mol. The average Bonchev–Trinajstić information content (AvgIpc) is 3.22. The van der Waals surface area contributed by atoms with Crippen LogP contribution >= 0.6 is 0 Å². The predicted molar refractivity (Wildman–Crippen MR) is 209 cm³/mol. The number of ether oxygens (including phenoxy) is 5. The minimum atomic E-state index is -1.20. The molecule has 5 N–H and O–H groups in total. The fourth-order valence-electron chi connectivity index (χ4n) is 5.23. The molecular formula is C42H54N4O11. The molecule has 3 aromatic rings. The lowest BCUT2D eigenvalue weighted by Crippen LogP contribution is -2.50. The summed E-state index contributed by atoms with van der Waals surface area (Å²) in [6, 6.07) is 24.4. The van der Waals surface area contributed by atoms with Crippen molar-refractivity contribution >= 4 is 35.6 Å². The smallest absolute Gasteiger partial charge is 0.328 e. The number of esters is 3. The average molecular weight is 791 g/mol. The number of hydrogen-bond acceptors (Lipinski definition) is 12. The molecule has 0 bridgehead atoms. The van der Waals surface area contributed by atoms with E-state index in [-0.39, 0.29) is 78.2 Å². The van der Waals surface area contributed by atoms with Crippen LogP contribution in [0.3, 0.4) is 0 Å². The topological polar surface area (TPSA) is 211 Å². The van der Waals surface area contributed by atoms with Crippen molar-refractivity contribution in [2.75, 3.05) is 33.0 Å². The highest BCUT2D eigenvalue weighted by atomic mass is 16.5. The van der Waals surface area contributed by atoms with Crippen molar-refractivity contribution in [3.63, 3.8) is 0 Å². The first-order chi connectivity index (χ1) is 27.6. The van der Waals surface area contributed by atoms with Gasteiger partial charge in [-0.2, -0.15) is 0 Å². The van der Waals surface area contributed by atoms with E-state index < -0.39 is 53.8 Å². The molecule has 0 aliphatic carbocycles. The number of benzene rings is 3. The third kappa shape index (κ3) is 20.2. The molecule has 3 aromatic carbocycles. The number of carbonyl (C=O) groups is 6. The second-order valence-electron chi connectivity index (χ2n) is 13.1. The zero-order valence-electron chi connectivity index (χ0n) is 32.4. The molecule has 0 heterocycles. The van der Waals surface area contributed by atoms with Crippen LogP contribution < -0.4 is 21.7 Å². The summed E-state index contributed by atoms with van der Waals surface area (Å²) in [5.41, 5.74) is 7.77. The van der Waals surface area contributed by atoms with Crippen molar-refractivity contribution in [1.29, 1.82) is 0 Å². The van der Waals surface area contributed by atoms with E-state index in [1.165, 1.54) is 0 Å². The minimum absolute atomic E-state index is 0.0370. The van der Waals surface area contributed by atoms with Crippen molar-refractivity contribution in [3.8, 4) is 0 Å². The summed E-state index contributed by atoms with van der Waals surface area (Å²) in [7, 11) is 0. The van der Waals surface area contributed by atoms with E-state index in [0.717, 1.165) is 16.7 Å². The predicted octanol–water partition coefficient (Wildman–Crippen LogP) is 3.02. The zero-order valence-corrected chi connectivity index (χ0v) is 32.4. The Morgan fingerprint density at radius 3 is 1.56 bits per heavy atom. The Bertz CT molecular complexity index is 1660. The van der Waals surface area contributed by atoms with Gasteiger partial charge in [-0.05, 0) is 42.9 Å². The number of nitrogens with two attached hydrogens (primary N) is 1. The number of hydrogen-bond donors (Lipinski definition) is 4. The molecule has 15 nitrogen and oxygen atoms in total. The number of nitrogens with one attached hydrogen (secondary N) is 3. The number of amides is 3. The quantitative estimate of drug-likeness (QED) is 0.0499. The lowest BCUT2D eigenvalue weighted by Gasteiger charge is -2.22. The Morgan fingerprint density at radius 1 is 0.544 bits per heavy atom. The molecule has 15 heteroatoms. The highest BCUT2D eigenvalue weighted by Gasteiger charge is 2.27. The summed E-state index contributed by atoms with van der Waals surface area (Å²) in [6.07, 6.45) is -0.436. The Kier molecular flexibility index (Phi) is 21.7. The van der Waals surface area contributed by atoms with Gasteiger partial charge in [0.2, 0.25) is 17.7 Å². The van der Waals surface area contributed by atoms with E-state index >= 15 is 0 Å². The van der Waals surface area contributed by atoms with Crippen LogP contribution in [-0.2, 0) is 72.3 Å².